The number of hydrogen-bond donors (Lipinski definition) is 2. The Balaban J connectivity index is 1.30. The number of nitrogens with zero attached hydrogens (tertiary/aromatic N) is 2. The molecule has 0 atom stereocenters. The standard InChI is InChI=1S/C34H30FN3O3/c1-24-21-27(22-36-37-33(39)34(40,28-9-5-3-6-10-28)29-11-7-4-8-12-29)25(2)38(24)31-17-19-32(20-18-31)41-23-26-13-15-30(35)16-14-26/h3-22,40H,23H2,1-2H3,(H,37,39)/b36-22+. The fraction of sp³-hybridized carbons (Fsp3) is 0.118. The molecule has 2 N–H and O–H groups in total. The number of carbonyl (C=O) groups excluding carboxylic acids is 1. The van der Waals surface area contributed by atoms with Crippen molar-refractivity contribution in [3.05, 3.63) is 155 Å². The van der Waals surface area contributed by atoms with Gasteiger partial charge < -0.3 is 14.4 Å². The maximum absolute atomic E-state index is 13.3. The number of halogens is 1. The van der Waals surface area contributed by atoms with Crippen LogP contribution in [0.1, 0.15) is 33.6 Å². The molecule has 4 aromatic carbocycles. The van der Waals surface area contributed by atoms with Crippen molar-refractivity contribution in [2.45, 2.75) is 26.1 Å². The third-order valence-electron chi connectivity index (χ3n) is 6.97. The topological polar surface area (TPSA) is 75.9 Å². The molecule has 0 saturated heterocycles. The van der Waals surface area contributed by atoms with Gasteiger partial charge in [-0.2, -0.15) is 5.10 Å². The Morgan fingerprint density at radius 3 is 2.07 bits per heavy atom. The molecule has 0 saturated carbocycles. The maximum Gasteiger partial charge on any atom is 0.281 e. The minimum Gasteiger partial charge on any atom is -0.489 e. The van der Waals surface area contributed by atoms with Gasteiger partial charge in [0.2, 0.25) is 0 Å². The maximum atomic E-state index is 13.3. The van der Waals surface area contributed by atoms with Gasteiger partial charge in [0.25, 0.3) is 5.91 Å². The van der Waals surface area contributed by atoms with Crippen LogP contribution in [-0.2, 0) is 17.0 Å². The summed E-state index contributed by atoms with van der Waals surface area (Å²) in [5, 5.41) is 15.8. The van der Waals surface area contributed by atoms with Crippen molar-refractivity contribution < 1.29 is 19.0 Å². The molecular formula is C34H30FN3O3. The van der Waals surface area contributed by atoms with E-state index in [1.54, 1.807) is 66.9 Å². The lowest BCUT2D eigenvalue weighted by Crippen LogP contribution is -2.43. The Morgan fingerprint density at radius 1 is 0.902 bits per heavy atom. The molecule has 5 rings (SSSR count). The van der Waals surface area contributed by atoms with Gasteiger partial charge in [0, 0.05) is 22.6 Å². The van der Waals surface area contributed by atoms with E-state index in [1.165, 1.54) is 12.1 Å². The van der Waals surface area contributed by atoms with Crippen molar-refractivity contribution >= 4 is 12.1 Å². The molecule has 7 heteroatoms. The van der Waals surface area contributed by atoms with Crippen LogP contribution in [0.15, 0.2) is 120 Å². The summed E-state index contributed by atoms with van der Waals surface area (Å²) in [7, 11) is 0. The predicted octanol–water partition coefficient (Wildman–Crippen LogP) is 6.20. The molecule has 0 bridgehead atoms. The molecule has 0 aliphatic rings. The number of aryl methyl sites for hydroxylation is 1. The minimum atomic E-state index is -1.91. The Bertz CT molecular complexity index is 1610. The molecule has 41 heavy (non-hydrogen) atoms. The van der Waals surface area contributed by atoms with E-state index in [0.717, 1.165) is 28.2 Å². The summed E-state index contributed by atoms with van der Waals surface area (Å²) in [5.41, 5.74) is 6.09. The molecule has 206 valence electrons. The molecule has 1 aromatic heterocycles. The highest BCUT2D eigenvalue weighted by atomic mass is 19.1. The van der Waals surface area contributed by atoms with Crippen molar-refractivity contribution in [3.8, 4) is 11.4 Å². The number of amides is 1. The van der Waals surface area contributed by atoms with Crippen molar-refractivity contribution in [1.29, 1.82) is 0 Å². The number of aromatic nitrogens is 1. The van der Waals surface area contributed by atoms with Crippen LogP contribution in [0.5, 0.6) is 5.75 Å². The summed E-state index contributed by atoms with van der Waals surface area (Å²) in [6.45, 7) is 4.31. The lowest BCUT2D eigenvalue weighted by atomic mass is 9.85. The molecule has 0 unspecified atom stereocenters. The normalized spacial score (nSPS) is 11.5. The van der Waals surface area contributed by atoms with E-state index in [2.05, 4.69) is 15.1 Å². The summed E-state index contributed by atoms with van der Waals surface area (Å²) >= 11 is 0. The van der Waals surface area contributed by atoms with Gasteiger partial charge in [0.15, 0.2) is 5.60 Å². The number of benzene rings is 4. The number of hydrazone groups is 1. The molecule has 5 aromatic rings. The smallest absolute Gasteiger partial charge is 0.281 e. The van der Waals surface area contributed by atoms with Gasteiger partial charge in [0.05, 0.1) is 6.21 Å². The molecule has 0 radical (unpaired) electrons. The summed E-state index contributed by atoms with van der Waals surface area (Å²) < 4.78 is 21.0. The first-order chi connectivity index (χ1) is 19.9. The van der Waals surface area contributed by atoms with Gasteiger partial charge in [-0.1, -0.05) is 72.8 Å². The van der Waals surface area contributed by atoms with Crippen molar-refractivity contribution in [2.75, 3.05) is 0 Å². The second-order valence-electron chi connectivity index (χ2n) is 9.71. The largest absolute Gasteiger partial charge is 0.489 e. The van der Waals surface area contributed by atoms with E-state index in [4.69, 9.17) is 4.74 Å². The summed E-state index contributed by atoms with van der Waals surface area (Å²) in [6.07, 6.45) is 1.58. The lowest BCUT2D eigenvalue weighted by Gasteiger charge is -2.27. The second kappa shape index (κ2) is 12.0. The Morgan fingerprint density at radius 2 is 1.49 bits per heavy atom. The Kier molecular flexibility index (Phi) is 8.08. The van der Waals surface area contributed by atoms with Gasteiger partial charge >= 0.3 is 0 Å². The summed E-state index contributed by atoms with van der Waals surface area (Å²) in [4.78, 5) is 13.3. The first-order valence-electron chi connectivity index (χ1n) is 13.2. The second-order valence-corrected chi connectivity index (χ2v) is 9.71. The van der Waals surface area contributed by atoms with Crippen LogP contribution in [0.2, 0.25) is 0 Å². The van der Waals surface area contributed by atoms with Crippen LogP contribution in [0.4, 0.5) is 4.39 Å². The van der Waals surface area contributed by atoms with Crippen LogP contribution in [0.3, 0.4) is 0 Å². The highest BCUT2D eigenvalue weighted by Crippen LogP contribution is 2.30. The van der Waals surface area contributed by atoms with Gasteiger partial charge in [-0.3, -0.25) is 4.79 Å². The third-order valence-corrected chi connectivity index (χ3v) is 6.97. The van der Waals surface area contributed by atoms with Crippen LogP contribution in [-0.4, -0.2) is 21.8 Å². The van der Waals surface area contributed by atoms with Crippen LogP contribution >= 0.6 is 0 Å². The van der Waals surface area contributed by atoms with E-state index < -0.39 is 11.5 Å². The van der Waals surface area contributed by atoms with Gasteiger partial charge in [-0.25, -0.2) is 9.82 Å². The zero-order chi connectivity index (χ0) is 28.8. The van der Waals surface area contributed by atoms with E-state index in [9.17, 15) is 14.3 Å². The number of nitrogens with one attached hydrogen (secondary N) is 1. The average Bonchev–Trinajstić information content (AvgIpc) is 3.29. The zero-order valence-corrected chi connectivity index (χ0v) is 22.8. The molecular weight excluding hydrogens is 517 g/mol. The zero-order valence-electron chi connectivity index (χ0n) is 22.8. The SMILES string of the molecule is Cc1cc(/C=N/NC(=O)C(O)(c2ccccc2)c2ccccc2)c(C)n1-c1ccc(OCc2ccc(F)cc2)cc1. The van der Waals surface area contributed by atoms with E-state index in [0.29, 0.717) is 23.5 Å². The number of carbonyl (C=O) groups is 1. The molecule has 0 fully saturated rings. The first kappa shape index (κ1) is 27.6. The minimum absolute atomic E-state index is 0.275. The first-order valence-corrected chi connectivity index (χ1v) is 13.2. The number of rotatable bonds is 9. The van der Waals surface area contributed by atoms with E-state index >= 15 is 0 Å². The molecule has 0 aliphatic heterocycles. The highest BCUT2D eigenvalue weighted by molar-refractivity contribution is 5.91. The summed E-state index contributed by atoms with van der Waals surface area (Å²) in [5.74, 6) is -0.228. The lowest BCUT2D eigenvalue weighted by molar-refractivity contribution is -0.136. The molecule has 0 aliphatic carbocycles. The molecule has 6 nitrogen and oxygen atoms in total. The summed E-state index contributed by atoms with van der Waals surface area (Å²) in [6, 6.07) is 33.5. The Hall–Kier alpha value is -5.01. The van der Waals surface area contributed by atoms with E-state index in [1.807, 2.05) is 56.3 Å². The van der Waals surface area contributed by atoms with Crippen molar-refractivity contribution in [3.63, 3.8) is 0 Å². The quantitative estimate of drug-likeness (QED) is 0.171. The highest BCUT2D eigenvalue weighted by Gasteiger charge is 2.39. The Labute approximate surface area is 238 Å². The third kappa shape index (κ3) is 5.95. The predicted molar refractivity (Wildman–Crippen MR) is 158 cm³/mol. The molecule has 1 amide bonds. The molecule has 0 spiro atoms. The van der Waals surface area contributed by atoms with Crippen molar-refractivity contribution in [2.24, 2.45) is 5.10 Å². The average molecular weight is 548 g/mol. The number of ether oxygens (including phenoxy) is 1. The number of hydrogen-bond acceptors (Lipinski definition) is 4. The van der Waals surface area contributed by atoms with Gasteiger partial charge in [0.1, 0.15) is 18.2 Å². The van der Waals surface area contributed by atoms with Crippen LogP contribution < -0.4 is 10.2 Å². The van der Waals surface area contributed by atoms with E-state index in [-0.39, 0.29) is 5.82 Å². The number of aliphatic hydroxyl groups is 1. The fourth-order valence-corrected chi connectivity index (χ4v) is 4.78. The van der Waals surface area contributed by atoms with Crippen molar-refractivity contribution in [1.82, 2.24) is 9.99 Å². The monoisotopic (exact) mass is 547 g/mol. The van der Waals surface area contributed by atoms with Crippen LogP contribution in [0.25, 0.3) is 5.69 Å². The van der Waals surface area contributed by atoms with Gasteiger partial charge in [-0.15, -0.1) is 0 Å². The van der Waals surface area contributed by atoms with Crippen LogP contribution in [0, 0.1) is 19.7 Å². The molecule has 1 heterocycles. The fourth-order valence-electron chi connectivity index (χ4n) is 4.78. The van der Waals surface area contributed by atoms with Gasteiger partial charge in [-0.05, 0) is 73.0 Å².